The fourth-order valence-corrected chi connectivity index (χ4v) is 2.85. The molecule has 0 aromatic heterocycles. The summed E-state index contributed by atoms with van der Waals surface area (Å²) in [5, 5.41) is 12.6. The van der Waals surface area contributed by atoms with Crippen LogP contribution in [0.5, 0.6) is 0 Å². The van der Waals surface area contributed by atoms with Gasteiger partial charge in [0, 0.05) is 12.6 Å². The molecule has 1 aromatic rings. The van der Waals surface area contributed by atoms with E-state index >= 15 is 0 Å². The number of hydrogen-bond acceptors (Lipinski definition) is 2. The molecule has 0 spiro atoms. The molecule has 0 aliphatic heterocycles. The first-order valence-electron chi connectivity index (χ1n) is 6.91. The van der Waals surface area contributed by atoms with Crippen LogP contribution >= 0.6 is 0 Å². The van der Waals surface area contributed by atoms with Gasteiger partial charge in [-0.2, -0.15) is 0 Å². The van der Waals surface area contributed by atoms with Gasteiger partial charge < -0.3 is 10.4 Å². The van der Waals surface area contributed by atoms with Crippen molar-refractivity contribution < 1.29 is 13.9 Å². The van der Waals surface area contributed by atoms with E-state index in [1.807, 2.05) is 6.92 Å². The van der Waals surface area contributed by atoms with Gasteiger partial charge >= 0.3 is 0 Å². The number of aliphatic hydroxyl groups is 1. The van der Waals surface area contributed by atoms with E-state index in [-0.39, 0.29) is 12.6 Å². The molecular formula is C15H21F2NO. The fourth-order valence-electron chi connectivity index (χ4n) is 2.85. The molecule has 2 rings (SSSR count). The molecule has 0 amide bonds. The van der Waals surface area contributed by atoms with Gasteiger partial charge in [0.05, 0.1) is 0 Å². The van der Waals surface area contributed by atoms with Crippen molar-refractivity contribution in [1.82, 2.24) is 5.32 Å². The first-order chi connectivity index (χ1) is 9.11. The highest BCUT2D eigenvalue weighted by Crippen LogP contribution is 2.31. The molecule has 3 atom stereocenters. The third kappa shape index (κ3) is 3.51. The Morgan fingerprint density at radius 1 is 1.26 bits per heavy atom. The van der Waals surface area contributed by atoms with Crippen LogP contribution in [0.1, 0.15) is 37.8 Å². The lowest BCUT2D eigenvalue weighted by Crippen LogP contribution is -2.29. The molecule has 3 unspecified atom stereocenters. The Morgan fingerprint density at radius 3 is 2.68 bits per heavy atom. The number of benzene rings is 1. The van der Waals surface area contributed by atoms with Crippen LogP contribution in [0.3, 0.4) is 0 Å². The number of nitrogens with one attached hydrogen (secondary N) is 1. The Kier molecular flexibility index (Phi) is 4.88. The Labute approximate surface area is 112 Å². The largest absolute Gasteiger partial charge is 0.396 e. The SMILES string of the molecule is CC(NCC1CCCC1CO)c1ccc(F)c(F)c1. The minimum atomic E-state index is -0.813. The van der Waals surface area contributed by atoms with Crippen molar-refractivity contribution in [3.8, 4) is 0 Å². The van der Waals surface area contributed by atoms with Crippen LogP contribution in [0.2, 0.25) is 0 Å². The highest BCUT2D eigenvalue weighted by Gasteiger charge is 2.26. The highest BCUT2D eigenvalue weighted by atomic mass is 19.2. The molecule has 1 aliphatic carbocycles. The van der Waals surface area contributed by atoms with E-state index in [4.69, 9.17) is 0 Å². The van der Waals surface area contributed by atoms with Gasteiger partial charge in [0.15, 0.2) is 11.6 Å². The van der Waals surface area contributed by atoms with Gasteiger partial charge in [0.25, 0.3) is 0 Å². The zero-order valence-electron chi connectivity index (χ0n) is 11.2. The predicted molar refractivity (Wildman–Crippen MR) is 70.7 cm³/mol. The number of rotatable bonds is 5. The van der Waals surface area contributed by atoms with Crippen LogP contribution in [0, 0.1) is 23.5 Å². The summed E-state index contributed by atoms with van der Waals surface area (Å²) >= 11 is 0. The van der Waals surface area contributed by atoms with Crippen molar-refractivity contribution >= 4 is 0 Å². The summed E-state index contributed by atoms with van der Waals surface area (Å²) in [4.78, 5) is 0. The maximum Gasteiger partial charge on any atom is 0.159 e. The molecule has 2 nitrogen and oxygen atoms in total. The van der Waals surface area contributed by atoms with E-state index in [9.17, 15) is 13.9 Å². The van der Waals surface area contributed by atoms with Crippen LogP contribution in [-0.4, -0.2) is 18.3 Å². The second-order valence-corrected chi connectivity index (χ2v) is 5.44. The monoisotopic (exact) mass is 269 g/mol. The van der Waals surface area contributed by atoms with Gasteiger partial charge in [-0.05, 0) is 55.8 Å². The highest BCUT2D eigenvalue weighted by molar-refractivity contribution is 5.20. The first-order valence-corrected chi connectivity index (χ1v) is 6.91. The molecule has 1 aromatic carbocycles. The van der Waals surface area contributed by atoms with Gasteiger partial charge in [0.2, 0.25) is 0 Å². The lowest BCUT2D eigenvalue weighted by Gasteiger charge is -2.21. The standard InChI is InChI=1S/C15H21F2NO/c1-10(11-5-6-14(16)15(17)7-11)18-8-12-3-2-4-13(12)9-19/h5-7,10,12-13,18-19H,2-4,8-9H2,1H3. The summed E-state index contributed by atoms with van der Waals surface area (Å²) < 4.78 is 26.0. The number of aliphatic hydroxyl groups excluding tert-OH is 1. The lowest BCUT2D eigenvalue weighted by atomic mass is 9.96. The topological polar surface area (TPSA) is 32.3 Å². The lowest BCUT2D eigenvalue weighted by molar-refractivity contribution is 0.190. The van der Waals surface area contributed by atoms with E-state index in [2.05, 4.69) is 5.32 Å². The average Bonchev–Trinajstić information content (AvgIpc) is 2.86. The van der Waals surface area contributed by atoms with E-state index in [0.29, 0.717) is 11.8 Å². The van der Waals surface area contributed by atoms with Crippen LogP contribution in [0.15, 0.2) is 18.2 Å². The Balaban J connectivity index is 1.90. The van der Waals surface area contributed by atoms with Crippen molar-refractivity contribution in [2.45, 2.75) is 32.2 Å². The summed E-state index contributed by atoms with van der Waals surface area (Å²) in [5.41, 5.74) is 0.748. The predicted octanol–water partition coefficient (Wildman–Crippen LogP) is 3.02. The third-order valence-electron chi connectivity index (χ3n) is 4.18. The van der Waals surface area contributed by atoms with E-state index in [0.717, 1.165) is 37.4 Å². The molecule has 0 radical (unpaired) electrons. The Morgan fingerprint density at radius 2 is 2.00 bits per heavy atom. The zero-order chi connectivity index (χ0) is 13.8. The van der Waals surface area contributed by atoms with Crippen molar-refractivity contribution in [1.29, 1.82) is 0 Å². The van der Waals surface area contributed by atoms with Crippen molar-refractivity contribution in [3.05, 3.63) is 35.4 Å². The normalized spacial score (nSPS) is 24.6. The van der Waals surface area contributed by atoms with Gasteiger partial charge in [0.1, 0.15) is 0 Å². The molecule has 19 heavy (non-hydrogen) atoms. The van der Waals surface area contributed by atoms with Gasteiger partial charge in [-0.15, -0.1) is 0 Å². The molecule has 4 heteroatoms. The summed E-state index contributed by atoms with van der Waals surface area (Å²) in [6.07, 6.45) is 3.38. The minimum Gasteiger partial charge on any atom is -0.396 e. The smallest absolute Gasteiger partial charge is 0.159 e. The van der Waals surface area contributed by atoms with Crippen LogP contribution in [-0.2, 0) is 0 Å². The van der Waals surface area contributed by atoms with E-state index in [1.165, 1.54) is 6.07 Å². The summed E-state index contributed by atoms with van der Waals surface area (Å²) in [6, 6.07) is 3.99. The van der Waals surface area contributed by atoms with Crippen LogP contribution in [0.4, 0.5) is 8.78 Å². The zero-order valence-corrected chi connectivity index (χ0v) is 11.2. The Bertz CT molecular complexity index is 425. The van der Waals surface area contributed by atoms with Crippen LogP contribution < -0.4 is 5.32 Å². The molecular weight excluding hydrogens is 248 g/mol. The molecule has 0 saturated heterocycles. The number of hydrogen-bond donors (Lipinski definition) is 2. The summed E-state index contributed by atoms with van der Waals surface area (Å²) in [6.45, 7) is 2.99. The molecule has 1 saturated carbocycles. The third-order valence-corrected chi connectivity index (χ3v) is 4.18. The van der Waals surface area contributed by atoms with Gasteiger partial charge in [-0.3, -0.25) is 0 Å². The minimum absolute atomic E-state index is 0.0185. The molecule has 2 N–H and O–H groups in total. The quantitative estimate of drug-likeness (QED) is 0.861. The molecule has 1 fully saturated rings. The van der Waals surface area contributed by atoms with Crippen molar-refractivity contribution in [2.75, 3.05) is 13.2 Å². The second-order valence-electron chi connectivity index (χ2n) is 5.44. The van der Waals surface area contributed by atoms with E-state index < -0.39 is 11.6 Å². The van der Waals surface area contributed by atoms with Crippen LogP contribution in [0.25, 0.3) is 0 Å². The molecule has 0 bridgehead atoms. The molecule has 106 valence electrons. The number of halogens is 2. The van der Waals surface area contributed by atoms with E-state index in [1.54, 1.807) is 6.07 Å². The van der Waals surface area contributed by atoms with Crippen molar-refractivity contribution in [2.24, 2.45) is 11.8 Å². The maximum absolute atomic E-state index is 13.2. The van der Waals surface area contributed by atoms with Gasteiger partial charge in [-0.25, -0.2) is 8.78 Å². The Hall–Kier alpha value is -1.00. The maximum atomic E-state index is 13.2. The first kappa shape index (κ1) is 14.4. The van der Waals surface area contributed by atoms with Crippen molar-refractivity contribution in [3.63, 3.8) is 0 Å². The molecule has 1 aliphatic rings. The summed E-state index contributed by atoms with van der Waals surface area (Å²) in [5.74, 6) is -0.755. The molecule has 0 heterocycles. The second kappa shape index (κ2) is 6.44. The summed E-state index contributed by atoms with van der Waals surface area (Å²) in [7, 11) is 0. The van der Waals surface area contributed by atoms with Gasteiger partial charge in [-0.1, -0.05) is 12.5 Å². The average molecular weight is 269 g/mol. The fraction of sp³-hybridized carbons (Fsp3) is 0.600.